The lowest BCUT2D eigenvalue weighted by Gasteiger charge is -2.13. The van der Waals surface area contributed by atoms with E-state index in [0.29, 0.717) is 6.16 Å². The van der Waals surface area contributed by atoms with Crippen LogP contribution in [-0.4, -0.2) is 42.9 Å². The molecule has 0 aliphatic rings. The quantitative estimate of drug-likeness (QED) is 0.587. The average molecular weight is 166 g/mol. The number of hydrogen-bond acceptors (Lipinski definition) is 3. The zero-order chi connectivity index (χ0) is 8.20. The molecular weight excluding hydrogens is 151 g/mol. The van der Waals surface area contributed by atoms with Gasteiger partial charge >= 0.3 is 0 Å². The molecular formula is C6H15O3P. The molecule has 0 atom stereocenters. The average Bonchev–Trinajstić information content (AvgIpc) is 1.81. The van der Waals surface area contributed by atoms with Crippen LogP contribution in [0.5, 0.6) is 0 Å². The summed E-state index contributed by atoms with van der Waals surface area (Å²) in [6.07, 6.45) is 0.431. The molecule has 0 bridgehead atoms. The summed E-state index contributed by atoms with van der Waals surface area (Å²) in [6, 6.07) is 0. The molecule has 0 rings (SSSR count). The minimum Gasteiger partial charge on any atom is -0.396 e. The van der Waals surface area contributed by atoms with Gasteiger partial charge < -0.3 is 14.8 Å². The molecule has 0 heterocycles. The van der Waals surface area contributed by atoms with Crippen molar-refractivity contribution in [1.82, 2.24) is 0 Å². The predicted molar refractivity (Wildman–Crippen MR) is 42.0 cm³/mol. The Morgan fingerprint density at radius 2 is 1.70 bits per heavy atom. The van der Waals surface area contributed by atoms with Gasteiger partial charge in [-0.1, -0.05) is 0 Å². The summed E-state index contributed by atoms with van der Waals surface area (Å²) in [5, 5.41) is 17.2. The lowest BCUT2D eigenvalue weighted by molar-refractivity contribution is 0.163. The topological polar surface area (TPSA) is 57.5 Å². The smallest absolute Gasteiger partial charge is 0.0823 e. The van der Waals surface area contributed by atoms with E-state index in [1.54, 1.807) is 13.3 Å². The highest BCUT2D eigenvalue weighted by Gasteiger charge is 2.15. The molecule has 2 N–H and O–H groups in total. The van der Waals surface area contributed by atoms with E-state index in [0.717, 1.165) is 0 Å². The van der Waals surface area contributed by atoms with Gasteiger partial charge in [0.2, 0.25) is 0 Å². The minimum atomic E-state index is -2.07. The van der Waals surface area contributed by atoms with E-state index in [1.807, 2.05) is 0 Å². The second-order valence-electron chi connectivity index (χ2n) is 2.99. The largest absolute Gasteiger partial charge is 0.396 e. The van der Waals surface area contributed by atoms with Crippen LogP contribution in [0.25, 0.3) is 0 Å². The molecule has 0 unspecified atom stereocenters. The summed E-state index contributed by atoms with van der Waals surface area (Å²) in [5.74, 6) is -0.208. The van der Waals surface area contributed by atoms with Crippen LogP contribution in [0.4, 0.5) is 0 Å². The number of aliphatic hydroxyl groups is 2. The molecule has 0 fully saturated rings. The van der Waals surface area contributed by atoms with Crippen LogP contribution in [0.15, 0.2) is 0 Å². The van der Waals surface area contributed by atoms with E-state index < -0.39 is 7.14 Å². The van der Waals surface area contributed by atoms with Gasteiger partial charge in [-0.2, -0.15) is 0 Å². The number of aliphatic hydroxyl groups excluding tert-OH is 2. The molecule has 4 heteroatoms. The monoisotopic (exact) mass is 166 g/mol. The Bertz CT molecular complexity index is 125. The van der Waals surface area contributed by atoms with Gasteiger partial charge in [0.05, 0.1) is 7.14 Å². The fourth-order valence-electron chi connectivity index (χ4n) is 0.795. The van der Waals surface area contributed by atoms with Crippen molar-refractivity contribution in [2.45, 2.75) is 0 Å². The summed E-state index contributed by atoms with van der Waals surface area (Å²) in [5.41, 5.74) is 0. The molecule has 0 aromatic carbocycles. The van der Waals surface area contributed by atoms with Crippen molar-refractivity contribution in [3.8, 4) is 0 Å². The summed E-state index contributed by atoms with van der Waals surface area (Å²) in [7, 11) is -2.07. The zero-order valence-corrected chi connectivity index (χ0v) is 7.34. The van der Waals surface area contributed by atoms with Crippen molar-refractivity contribution < 1.29 is 14.8 Å². The van der Waals surface area contributed by atoms with Crippen LogP contribution < -0.4 is 0 Å². The third kappa shape index (κ3) is 4.98. The number of rotatable bonds is 4. The van der Waals surface area contributed by atoms with Crippen LogP contribution >= 0.6 is 7.14 Å². The molecule has 0 aliphatic heterocycles. The summed E-state index contributed by atoms with van der Waals surface area (Å²) < 4.78 is 11.1. The SMILES string of the molecule is CP(C)(=O)CC(CO)CO. The second kappa shape index (κ2) is 4.12. The summed E-state index contributed by atoms with van der Waals surface area (Å²) >= 11 is 0. The van der Waals surface area contributed by atoms with Gasteiger partial charge in [0, 0.05) is 25.3 Å². The normalized spacial score (nSPS) is 12.5. The number of hydrogen-bond donors (Lipinski definition) is 2. The first-order valence-corrected chi connectivity index (χ1v) is 6.04. The third-order valence-electron chi connectivity index (χ3n) is 1.21. The lowest BCUT2D eigenvalue weighted by atomic mass is 10.2. The van der Waals surface area contributed by atoms with Gasteiger partial charge in [-0.15, -0.1) is 0 Å². The maximum absolute atomic E-state index is 11.1. The van der Waals surface area contributed by atoms with Crippen molar-refractivity contribution in [2.75, 3.05) is 32.7 Å². The molecule has 0 spiro atoms. The molecule has 0 radical (unpaired) electrons. The van der Waals surface area contributed by atoms with Crippen LogP contribution in [0.2, 0.25) is 0 Å². The maximum atomic E-state index is 11.1. The van der Waals surface area contributed by atoms with Crippen LogP contribution in [-0.2, 0) is 4.57 Å². The van der Waals surface area contributed by atoms with Crippen molar-refractivity contribution in [3.63, 3.8) is 0 Å². The van der Waals surface area contributed by atoms with Crippen molar-refractivity contribution in [1.29, 1.82) is 0 Å². The van der Waals surface area contributed by atoms with Crippen LogP contribution in [0.1, 0.15) is 0 Å². The molecule has 0 aromatic rings. The molecule has 62 valence electrons. The molecule has 0 aromatic heterocycles. The van der Waals surface area contributed by atoms with Gasteiger partial charge in [0.15, 0.2) is 0 Å². The molecule has 3 nitrogen and oxygen atoms in total. The van der Waals surface area contributed by atoms with E-state index in [-0.39, 0.29) is 19.1 Å². The molecule has 0 aliphatic carbocycles. The summed E-state index contributed by atoms with van der Waals surface area (Å²) in [6.45, 7) is 3.15. The Morgan fingerprint density at radius 1 is 1.30 bits per heavy atom. The third-order valence-corrected chi connectivity index (χ3v) is 2.61. The Kier molecular flexibility index (Phi) is 4.18. The molecule has 10 heavy (non-hydrogen) atoms. The van der Waals surface area contributed by atoms with Crippen molar-refractivity contribution >= 4 is 7.14 Å². The van der Waals surface area contributed by atoms with E-state index in [2.05, 4.69) is 0 Å². The predicted octanol–water partition coefficient (Wildman–Crippen LogP) is 0.210. The zero-order valence-electron chi connectivity index (χ0n) is 6.45. The van der Waals surface area contributed by atoms with Crippen LogP contribution in [0.3, 0.4) is 0 Å². The molecule has 0 saturated carbocycles. The van der Waals surface area contributed by atoms with Crippen molar-refractivity contribution in [3.05, 3.63) is 0 Å². The van der Waals surface area contributed by atoms with E-state index in [1.165, 1.54) is 0 Å². The first-order chi connectivity index (χ1) is 4.49. The van der Waals surface area contributed by atoms with Crippen molar-refractivity contribution in [2.24, 2.45) is 5.92 Å². The summed E-state index contributed by atoms with van der Waals surface area (Å²) in [4.78, 5) is 0. The Hall–Kier alpha value is 0.150. The van der Waals surface area contributed by atoms with Gasteiger partial charge in [0.25, 0.3) is 0 Å². The van der Waals surface area contributed by atoms with Gasteiger partial charge in [-0.25, -0.2) is 0 Å². The van der Waals surface area contributed by atoms with Gasteiger partial charge in [0.1, 0.15) is 0 Å². The fourth-order valence-corrected chi connectivity index (χ4v) is 2.27. The van der Waals surface area contributed by atoms with Gasteiger partial charge in [-0.3, -0.25) is 0 Å². The Labute approximate surface area is 61.4 Å². The highest BCUT2D eigenvalue weighted by Crippen LogP contribution is 2.37. The molecule has 0 saturated heterocycles. The highest BCUT2D eigenvalue weighted by atomic mass is 31.2. The van der Waals surface area contributed by atoms with Gasteiger partial charge in [-0.05, 0) is 13.3 Å². The maximum Gasteiger partial charge on any atom is 0.0823 e. The Morgan fingerprint density at radius 3 is 1.80 bits per heavy atom. The second-order valence-corrected chi connectivity index (χ2v) is 6.50. The van der Waals surface area contributed by atoms with E-state index >= 15 is 0 Å². The lowest BCUT2D eigenvalue weighted by Crippen LogP contribution is -2.15. The van der Waals surface area contributed by atoms with Crippen LogP contribution in [0, 0.1) is 5.92 Å². The van der Waals surface area contributed by atoms with E-state index in [9.17, 15) is 4.57 Å². The minimum absolute atomic E-state index is 0.0812. The first kappa shape index (κ1) is 10.2. The Balaban J connectivity index is 3.75. The van der Waals surface area contributed by atoms with E-state index in [4.69, 9.17) is 10.2 Å². The highest BCUT2D eigenvalue weighted by molar-refractivity contribution is 7.62. The fraction of sp³-hybridized carbons (Fsp3) is 1.00. The standard InChI is InChI=1S/C6H15O3P/c1-10(2,9)5-6(3-7)4-8/h6-8H,3-5H2,1-2H3. The first-order valence-electron chi connectivity index (χ1n) is 3.25. The molecule has 0 amide bonds.